The van der Waals surface area contributed by atoms with Gasteiger partial charge in [-0.15, -0.1) is 0 Å². The van der Waals surface area contributed by atoms with E-state index in [1.165, 1.54) is 44.1 Å². The number of hydrogen-bond acceptors (Lipinski definition) is 1. The molecule has 0 saturated heterocycles. The van der Waals surface area contributed by atoms with E-state index in [0.29, 0.717) is 6.04 Å². The molecule has 0 radical (unpaired) electrons. The lowest BCUT2D eigenvalue weighted by Crippen LogP contribution is -2.16. The Morgan fingerprint density at radius 3 is 2.29 bits per heavy atom. The number of nitrogens with one attached hydrogen (secondary N) is 1. The van der Waals surface area contributed by atoms with Crippen LogP contribution < -0.4 is 5.32 Å². The van der Waals surface area contributed by atoms with Crippen LogP contribution in [0.25, 0.3) is 0 Å². The van der Waals surface area contributed by atoms with Crippen LogP contribution in [-0.4, -0.2) is 7.05 Å². The Balaban J connectivity index is 2.35. The molecule has 0 fully saturated rings. The van der Waals surface area contributed by atoms with Crippen molar-refractivity contribution in [2.24, 2.45) is 0 Å². The van der Waals surface area contributed by atoms with Crippen LogP contribution in [0.2, 0.25) is 5.02 Å². The molecule has 1 nitrogen and oxygen atoms in total. The number of benzene rings is 1. The third-order valence-corrected chi connectivity index (χ3v) is 3.47. The minimum absolute atomic E-state index is 0.467. The van der Waals surface area contributed by atoms with Gasteiger partial charge in [-0.25, -0.2) is 0 Å². The maximum Gasteiger partial charge on any atom is 0.0406 e. The molecule has 1 unspecified atom stereocenters. The molecular weight excluding hydrogens is 230 g/mol. The molecule has 0 aliphatic heterocycles. The van der Waals surface area contributed by atoms with Crippen LogP contribution >= 0.6 is 11.6 Å². The third kappa shape index (κ3) is 5.56. The average molecular weight is 254 g/mol. The largest absolute Gasteiger partial charge is 0.313 e. The van der Waals surface area contributed by atoms with Gasteiger partial charge in [0.1, 0.15) is 0 Å². The normalized spacial score (nSPS) is 12.6. The smallest absolute Gasteiger partial charge is 0.0406 e. The predicted octanol–water partition coefficient (Wildman–Crippen LogP) is 4.96. The molecule has 0 amide bonds. The molecule has 0 spiro atoms. The fourth-order valence-corrected chi connectivity index (χ4v) is 2.25. The molecule has 1 atom stereocenters. The van der Waals surface area contributed by atoms with Crippen molar-refractivity contribution in [2.45, 2.75) is 51.5 Å². The first-order valence-electron chi connectivity index (χ1n) is 6.70. The van der Waals surface area contributed by atoms with Crippen molar-refractivity contribution in [3.05, 3.63) is 34.9 Å². The Kier molecular flexibility index (Phi) is 7.30. The van der Waals surface area contributed by atoms with Gasteiger partial charge in [-0.3, -0.25) is 0 Å². The highest BCUT2D eigenvalue weighted by Gasteiger charge is 2.08. The Bertz CT molecular complexity index is 294. The molecule has 1 aromatic rings. The Morgan fingerprint density at radius 1 is 1.06 bits per heavy atom. The summed E-state index contributed by atoms with van der Waals surface area (Å²) in [7, 11) is 2.03. The summed E-state index contributed by atoms with van der Waals surface area (Å²) < 4.78 is 0. The highest BCUT2D eigenvalue weighted by molar-refractivity contribution is 6.30. The Labute approximate surface area is 111 Å². The van der Waals surface area contributed by atoms with E-state index in [2.05, 4.69) is 24.4 Å². The molecule has 1 N–H and O–H groups in total. The molecule has 96 valence electrons. The fourth-order valence-electron chi connectivity index (χ4n) is 2.12. The second-order valence-corrected chi connectivity index (χ2v) is 5.03. The maximum absolute atomic E-state index is 5.90. The van der Waals surface area contributed by atoms with Crippen LogP contribution in [0.3, 0.4) is 0 Å². The predicted molar refractivity (Wildman–Crippen MR) is 76.6 cm³/mol. The third-order valence-electron chi connectivity index (χ3n) is 3.22. The van der Waals surface area contributed by atoms with E-state index in [9.17, 15) is 0 Å². The number of hydrogen-bond donors (Lipinski definition) is 1. The summed E-state index contributed by atoms with van der Waals surface area (Å²) in [5.41, 5.74) is 1.34. The zero-order valence-corrected chi connectivity index (χ0v) is 11.8. The van der Waals surface area contributed by atoms with Gasteiger partial charge in [0.15, 0.2) is 0 Å². The van der Waals surface area contributed by atoms with Crippen LogP contribution in [0.5, 0.6) is 0 Å². The van der Waals surface area contributed by atoms with Gasteiger partial charge in [0, 0.05) is 11.1 Å². The van der Waals surface area contributed by atoms with Crippen molar-refractivity contribution in [1.82, 2.24) is 5.32 Å². The molecule has 17 heavy (non-hydrogen) atoms. The van der Waals surface area contributed by atoms with Crippen molar-refractivity contribution >= 4 is 11.6 Å². The molecule has 1 aromatic carbocycles. The molecule has 0 bridgehead atoms. The van der Waals surface area contributed by atoms with Crippen molar-refractivity contribution < 1.29 is 0 Å². The lowest BCUT2D eigenvalue weighted by atomic mass is 10.00. The SMILES string of the molecule is CCCCCCCC(NC)c1ccc(Cl)cc1. The van der Waals surface area contributed by atoms with Crippen molar-refractivity contribution in [3.8, 4) is 0 Å². The van der Waals surface area contributed by atoms with Crippen LogP contribution in [-0.2, 0) is 0 Å². The van der Waals surface area contributed by atoms with E-state index < -0.39 is 0 Å². The summed E-state index contributed by atoms with van der Waals surface area (Å²) >= 11 is 5.90. The summed E-state index contributed by atoms with van der Waals surface area (Å²) in [6.45, 7) is 2.25. The first-order valence-corrected chi connectivity index (χ1v) is 7.08. The van der Waals surface area contributed by atoms with Gasteiger partial charge >= 0.3 is 0 Å². The Hall–Kier alpha value is -0.530. The van der Waals surface area contributed by atoms with Gasteiger partial charge in [0.25, 0.3) is 0 Å². The summed E-state index contributed by atoms with van der Waals surface area (Å²) in [5.74, 6) is 0. The molecular formula is C15H24ClN. The number of halogens is 1. The molecule has 0 saturated carbocycles. The summed E-state index contributed by atoms with van der Waals surface area (Å²) in [6.07, 6.45) is 7.90. The number of rotatable bonds is 8. The van der Waals surface area contributed by atoms with Gasteiger partial charge in [0.05, 0.1) is 0 Å². The van der Waals surface area contributed by atoms with Crippen molar-refractivity contribution in [1.29, 1.82) is 0 Å². The fraction of sp³-hybridized carbons (Fsp3) is 0.600. The van der Waals surface area contributed by atoms with Crippen LogP contribution in [0.1, 0.15) is 57.1 Å². The van der Waals surface area contributed by atoms with Gasteiger partial charge in [-0.1, -0.05) is 62.8 Å². The zero-order valence-electron chi connectivity index (χ0n) is 11.0. The molecule has 0 heterocycles. The molecule has 0 aliphatic carbocycles. The van der Waals surface area contributed by atoms with Crippen molar-refractivity contribution in [3.63, 3.8) is 0 Å². The highest BCUT2D eigenvalue weighted by atomic mass is 35.5. The van der Waals surface area contributed by atoms with Gasteiger partial charge in [-0.2, -0.15) is 0 Å². The first kappa shape index (κ1) is 14.5. The Morgan fingerprint density at radius 2 is 1.71 bits per heavy atom. The molecule has 0 aliphatic rings. The van der Waals surface area contributed by atoms with E-state index in [4.69, 9.17) is 11.6 Å². The van der Waals surface area contributed by atoms with Gasteiger partial charge in [0.2, 0.25) is 0 Å². The minimum atomic E-state index is 0.467. The second-order valence-electron chi connectivity index (χ2n) is 4.60. The molecule has 0 aromatic heterocycles. The summed E-state index contributed by atoms with van der Waals surface area (Å²) in [4.78, 5) is 0. The summed E-state index contributed by atoms with van der Waals surface area (Å²) in [6, 6.07) is 8.65. The molecule has 1 rings (SSSR count). The highest BCUT2D eigenvalue weighted by Crippen LogP contribution is 2.21. The van der Waals surface area contributed by atoms with E-state index in [1.807, 2.05) is 19.2 Å². The minimum Gasteiger partial charge on any atom is -0.313 e. The number of unbranched alkanes of at least 4 members (excludes halogenated alkanes) is 4. The topological polar surface area (TPSA) is 12.0 Å². The van der Waals surface area contributed by atoms with Crippen LogP contribution in [0.15, 0.2) is 24.3 Å². The van der Waals surface area contributed by atoms with Crippen LogP contribution in [0.4, 0.5) is 0 Å². The maximum atomic E-state index is 5.90. The van der Waals surface area contributed by atoms with E-state index in [0.717, 1.165) is 5.02 Å². The lowest BCUT2D eigenvalue weighted by molar-refractivity contribution is 0.501. The standard InChI is InChI=1S/C15H24ClN/c1-3-4-5-6-7-8-15(17-2)13-9-11-14(16)12-10-13/h9-12,15,17H,3-8H2,1-2H3. The van der Waals surface area contributed by atoms with E-state index in [-0.39, 0.29) is 0 Å². The monoisotopic (exact) mass is 253 g/mol. The first-order chi connectivity index (χ1) is 8.27. The summed E-state index contributed by atoms with van der Waals surface area (Å²) in [5, 5.41) is 4.20. The van der Waals surface area contributed by atoms with E-state index in [1.54, 1.807) is 0 Å². The quantitative estimate of drug-likeness (QED) is 0.646. The molecule has 2 heteroatoms. The van der Waals surface area contributed by atoms with Crippen LogP contribution in [0, 0.1) is 0 Å². The van der Waals surface area contributed by atoms with E-state index >= 15 is 0 Å². The van der Waals surface area contributed by atoms with Gasteiger partial charge in [-0.05, 0) is 31.2 Å². The lowest BCUT2D eigenvalue weighted by Gasteiger charge is -2.16. The average Bonchev–Trinajstić information content (AvgIpc) is 2.35. The van der Waals surface area contributed by atoms with Crippen molar-refractivity contribution in [2.75, 3.05) is 7.05 Å². The van der Waals surface area contributed by atoms with Gasteiger partial charge < -0.3 is 5.32 Å². The zero-order chi connectivity index (χ0) is 12.5. The second kappa shape index (κ2) is 8.54.